The number of carbonyl (C=O) groups is 1. The van der Waals surface area contributed by atoms with Crippen molar-refractivity contribution in [3.63, 3.8) is 0 Å². The number of rotatable bonds is 4. The molecular weight excluding hydrogens is 224 g/mol. The molecule has 0 radical (unpaired) electrons. The van der Waals surface area contributed by atoms with E-state index in [9.17, 15) is 15.0 Å². The summed E-state index contributed by atoms with van der Waals surface area (Å²) in [6.07, 6.45) is -0.900. The van der Waals surface area contributed by atoms with Crippen LogP contribution in [0.2, 0.25) is 0 Å². The minimum absolute atomic E-state index is 0.156. The second kappa shape index (κ2) is 5.33. The lowest BCUT2D eigenvalue weighted by atomic mass is 9.87. The summed E-state index contributed by atoms with van der Waals surface area (Å²) in [4.78, 5) is 11.5. The maximum atomic E-state index is 11.5. The molecule has 0 aliphatic carbocycles. The average molecular weight is 246 g/mol. The minimum atomic E-state index is -1.24. The van der Waals surface area contributed by atoms with E-state index in [4.69, 9.17) is 9.47 Å². The molecule has 2 N–H and O–H groups in total. The average Bonchev–Trinajstić information content (AvgIpc) is 2.15. The lowest BCUT2D eigenvalue weighted by Crippen LogP contribution is -2.53. The molecular formula is C12H22O5. The number of aliphatic hydroxyl groups excluding tert-OH is 1. The molecule has 1 fully saturated rings. The summed E-state index contributed by atoms with van der Waals surface area (Å²) in [7, 11) is 0. The van der Waals surface area contributed by atoms with E-state index in [1.165, 1.54) is 0 Å². The first-order valence-electron chi connectivity index (χ1n) is 6.01. The summed E-state index contributed by atoms with van der Waals surface area (Å²) in [6, 6.07) is 0. The van der Waals surface area contributed by atoms with Gasteiger partial charge in [0.25, 0.3) is 0 Å². The third-order valence-electron chi connectivity index (χ3n) is 3.18. The maximum Gasteiger partial charge on any atom is 0.336 e. The van der Waals surface area contributed by atoms with Crippen molar-refractivity contribution in [2.24, 2.45) is 0 Å². The van der Waals surface area contributed by atoms with Crippen LogP contribution in [0, 0.1) is 0 Å². The van der Waals surface area contributed by atoms with Crippen molar-refractivity contribution in [2.75, 3.05) is 0 Å². The van der Waals surface area contributed by atoms with Gasteiger partial charge in [0.15, 0.2) is 5.60 Å². The summed E-state index contributed by atoms with van der Waals surface area (Å²) in [5, 5.41) is 18.8. The second-order valence-electron chi connectivity index (χ2n) is 5.03. The Bertz CT molecular complexity index is 266. The number of aliphatic hydroxyl groups is 1. The monoisotopic (exact) mass is 246 g/mol. The molecule has 17 heavy (non-hydrogen) atoms. The SMILES string of the molecule is CC1CC(OC(C)C(C)O)(C(=O)O)CC(C)O1. The standard InChI is InChI=1S/C12H22O5/c1-7-5-12(11(14)15,6-8(2)16-7)17-10(4)9(3)13/h7-10,13H,5-6H2,1-4H3,(H,14,15). The van der Waals surface area contributed by atoms with Crippen molar-refractivity contribution < 1.29 is 24.5 Å². The topological polar surface area (TPSA) is 76.0 Å². The van der Waals surface area contributed by atoms with Crippen LogP contribution in [0.25, 0.3) is 0 Å². The third kappa shape index (κ3) is 3.40. The Morgan fingerprint density at radius 1 is 1.35 bits per heavy atom. The molecule has 0 bridgehead atoms. The normalized spacial score (nSPS) is 37.5. The van der Waals surface area contributed by atoms with Crippen LogP contribution in [0.1, 0.15) is 40.5 Å². The van der Waals surface area contributed by atoms with E-state index in [0.29, 0.717) is 12.8 Å². The summed E-state index contributed by atoms with van der Waals surface area (Å²) in [5.74, 6) is -0.980. The Kier molecular flexibility index (Phi) is 4.52. The number of carboxylic acids is 1. The van der Waals surface area contributed by atoms with E-state index in [1.807, 2.05) is 13.8 Å². The molecule has 0 saturated carbocycles. The summed E-state index contributed by atoms with van der Waals surface area (Å²) >= 11 is 0. The van der Waals surface area contributed by atoms with E-state index in [-0.39, 0.29) is 12.2 Å². The van der Waals surface area contributed by atoms with Crippen LogP contribution in [-0.2, 0) is 14.3 Å². The fourth-order valence-corrected chi connectivity index (χ4v) is 2.28. The van der Waals surface area contributed by atoms with Crippen molar-refractivity contribution in [1.82, 2.24) is 0 Å². The van der Waals surface area contributed by atoms with Gasteiger partial charge in [-0.1, -0.05) is 0 Å². The number of hydrogen-bond donors (Lipinski definition) is 2. The predicted octanol–water partition coefficient (Wildman–Crippen LogP) is 1.18. The first kappa shape index (κ1) is 14.4. The molecule has 5 nitrogen and oxygen atoms in total. The maximum absolute atomic E-state index is 11.5. The molecule has 0 amide bonds. The zero-order valence-electron chi connectivity index (χ0n) is 10.8. The van der Waals surface area contributed by atoms with Crippen molar-refractivity contribution in [1.29, 1.82) is 0 Å². The highest BCUT2D eigenvalue weighted by Gasteiger charge is 2.47. The highest BCUT2D eigenvalue weighted by Crippen LogP contribution is 2.34. The van der Waals surface area contributed by atoms with Crippen molar-refractivity contribution in [3.8, 4) is 0 Å². The zero-order valence-corrected chi connectivity index (χ0v) is 10.8. The quantitative estimate of drug-likeness (QED) is 0.779. The lowest BCUT2D eigenvalue weighted by Gasteiger charge is -2.41. The van der Waals surface area contributed by atoms with Gasteiger partial charge in [-0.15, -0.1) is 0 Å². The van der Waals surface area contributed by atoms with Crippen LogP contribution in [0.5, 0.6) is 0 Å². The van der Waals surface area contributed by atoms with Gasteiger partial charge in [-0.3, -0.25) is 0 Å². The van der Waals surface area contributed by atoms with Gasteiger partial charge in [-0.25, -0.2) is 4.79 Å². The Morgan fingerprint density at radius 3 is 2.18 bits per heavy atom. The van der Waals surface area contributed by atoms with Gasteiger partial charge in [0.2, 0.25) is 0 Å². The number of hydrogen-bond acceptors (Lipinski definition) is 4. The zero-order chi connectivity index (χ0) is 13.2. The molecule has 1 rings (SSSR count). The van der Waals surface area contributed by atoms with Gasteiger partial charge in [-0.05, 0) is 27.7 Å². The molecule has 1 heterocycles. The van der Waals surface area contributed by atoms with Gasteiger partial charge in [-0.2, -0.15) is 0 Å². The largest absolute Gasteiger partial charge is 0.479 e. The number of aliphatic carboxylic acids is 1. The molecule has 0 spiro atoms. The molecule has 100 valence electrons. The van der Waals surface area contributed by atoms with E-state index >= 15 is 0 Å². The van der Waals surface area contributed by atoms with Crippen molar-refractivity contribution >= 4 is 5.97 Å². The molecule has 4 atom stereocenters. The molecule has 0 aromatic heterocycles. The van der Waals surface area contributed by atoms with Gasteiger partial charge < -0.3 is 19.7 Å². The summed E-state index contributed by atoms with van der Waals surface area (Å²) in [5.41, 5.74) is -1.24. The Hall–Kier alpha value is -0.650. The van der Waals surface area contributed by atoms with E-state index < -0.39 is 23.8 Å². The van der Waals surface area contributed by atoms with Crippen LogP contribution >= 0.6 is 0 Å². The van der Waals surface area contributed by atoms with Gasteiger partial charge in [0.05, 0.1) is 24.4 Å². The summed E-state index contributed by atoms with van der Waals surface area (Å²) in [6.45, 7) is 6.94. The molecule has 1 saturated heterocycles. The molecule has 5 heteroatoms. The molecule has 0 aromatic carbocycles. The third-order valence-corrected chi connectivity index (χ3v) is 3.18. The Balaban J connectivity index is 2.85. The Labute approximate surface area is 102 Å². The highest BCUT2D eigenvalue weighted by molar-refractivity contribution is 5.77. The van der Waals surface area contributed by atoms with Gasteiger partial charge in [0, 0.05) is 12.8 Å². The molecule has 1 aliphatic rings. The molecule has 1 aliphatic heterocycles. The van der Waals surface area contributed by atoms with Crippen LogP contribution in [-0.4, -0.2) is 46.2 Å². The highest BCUT2D eigenvalue weighted by atomic mass is 16.6. The predicted molar refractivity (Wildman–Crippen MR) is 61.8 cm³/mol. The molecule has 0 aromatic rings. The van der Waals surface area contributed by atoms with Crippen LogP contribution in [0.15, 0.2) is 0 Å². The van der Waals surface area contributed by atoms with Crippen LogP contribution in [0.4, 0.5) is 0 Å². The van der Waals surface area contributed by atoms with E-state index in [1.54, 1.807) is 13.8 Å². The summed E-state index contributed by atoms with van der Waals surface area (Å²) < 4.78 is 11.1. The first-order chi connectivity index (χ1) is 7.77. The van der Waals surface area contributed by atoms with E-state index in [2.05, 4.69) is 0 Å². The number of ether oxygens (including phenoxy) is 2. The van der Waals surface area contributed by atoms with Crippen LogP contribution in [0.3, 0.4) is 0 Å². The van der Waals surface area contributed by atoms with E-state index in [0.717, 1.165) is 0 Å². The van der Waals surface area contributed by atoms with Crippen LogP contribution < -0.4 is 0 Å². The fourth-order valence-electron chi connectivity index (χ4n) is 2.28. The van der Waals surface area contributed by atoms with Crippen molar-refractivity contribution in [3.05, 3.63) is 0 Å². The smallest absolute Gasteiger partial charge is 0.336 e. The van der Waals surface area contributed by atoms with Gasteiger partial charge in [0.1, 0.15) is 0 Å². The number of carboxylic acid groups (broad SMARTS) is 1. The van der Waals surface area contributed by atoms with Crippen molar-refractivity contribution in [2.45, 2.75) is 70.6 Å². The minimum Gasteiger partial charge on any atom is -0.479 e. The second-order valence-corrected chi connectivity index (χ2v) is 5.03. The first-order valence-corrected chi connectivity index (χ1v) is 6.01. The fraction of sp³-hybridized carbons (Fsp3) is 0.917. The Morgan fingerprint density at radius 2 is 1.82 bits per heavy atom. The lowest BCUT2D eigenvalue weighted by molar-refractivity contribution is -0.212. The molecule has 4 unspecified atom stereocenters. The van der Waals surface area contributed by atoms with Gasteiger partial charge >= 0.3 is 5.97 Å².